The van der Waals surface area contributed by atoms with Crippen LogP contribution in [-0.2, 0) is 18.9 Å². The van der Waals surface area contributed by atoms with Crippen molar-refractivity contribution < 1.29 is 33.2 Å². The molecule has 23 heavy (non-hydrogen) atoms. The van der Waals surface area contributed by atoms with Crippen molar-refractivity contribution in [3.05, 3.63) is 23.8 Å². The Hall–Kier alpha value is -1.83. The molecular weight excluding hydrogens is 304 g/mol. The summed E-state index contributed by atoms with van der Waals surface area (Å²) in [5.41, 5.74) is 0.372. The Morgan fingerprint density at radius 3 is 1.65 bits per heavy atom. The predicted molar refractivity (Wildman–Crippen MR) is 81.2 cm³/mol. The number of esters is 1. The minimum atomic E-state index is -0.445. The first-order valence-electron chi connectivity index (χ1n) is 7.52. The molecule has 1 aliphatic heterocycles. The van der Waals surface area contributed by atoms with Gasteiger partial charge in [-0.2, -0.15) is 0 Å². The van der Waals surface area contributed by atoms with Crippen LogP contribution >= 0.6 is 0 Å². The van der Waals surface area contributed by atoms with Gasteiger partial charge in [0.15, 0.2) is 0 Å². The molecule has 1 aromatic rings. The van der Waals surface area contributed by atoms with Crippen molar-refractivity contribution in [2.75, 3.05) is 60.0 Å². The van der Waals surface area contributed by atoms with E-state index >= 15 is 0 Å². The van der Waals surface area contributed by atoms with Crippen LogP contribution in [0.2, 0.25) is 0 Å². The molecule has 2 bridgehead atoms. The number of ether oxygens (including phenoxy) is 6. The second-order valence-electron chi connectivity index (χ2n) is 4.72. The van der Waals surface area contributed by atoms with Crippen molar-refractivity contribution in [1.82, 2.24) is 0 Å². The van der Waals surface area contributed by atoms with Crippen LogP contribution in [0.3, 0.4) is 0 Å². The van der Waals surface area contributed by atoms with Gasteiger partial charge in [0.05, 0.1) is 52.3 Å². The molecule has 128 valence electrons. The van der Waals surface area contributed by atoms with Crippen LogP contribution in [0.1, 0.15) is 10.4 Å². The quantitative estimate of drug-likeness (QED) is 0.720. The Labute approximate surface area is 135 Å². The Balaban J connectivity index is 2.04. The van der Waals surface area contributed by atoms with Gasteiger partial charge in [-0.05, 0) is 12.1 Å². The van der Waals surface area contributed by atoms with E-state index < -0.39 is 5.97 Å². The van der Waals surface area contributed by atoms with Crippen molar-refractivity contribution in [2.24, 2.45) is 0 Å². The molecular formula is C16H22O7. The van der Waals surface area contributed by atoms with E-state index in [0.29, 0.717) is 69.9 Å². The van der Waals surface area contributed by atoms with Gasteiger partial charge in [0.1, 0.15) is 24.7 Å². The van der Waals surface area contributed by atoms with Crippen LogP contribution in [0.15, 0.2) is 18.2 Å². The van der Waals surface area contributed by atoms with Crippen LogP contribution in [0.25, 0.3) is 0 Å². The maximum Gasteiger partial charge on any atom is 0.338 e. The first kappa shape index (κ1) is 17.5. The van der Waals surface area contributed by atoms with E-state index in [1.54, 1.807) is 18.2 Å². The molecule has 0 atom stereocenters. The highest BCUT2D eigenvalue weighted by Crippen LogP contribution is 2.23. The Kier molecular flexibility index (Phi) is 7.65. The molecule has 0 saturated carbocycles. The fraction of sp³-hybridized carbons (Fsp3) is 0.562. The number of rotatable bonds is 1. The molecule has 0 saturated heterocycles. The normalized spacial score (nSPS) is 17.6. The van der Waals surface area contributed by atoms with Crippen molar-refractivity contribution in [2.45, 2.75) is 0 Å². The van der Waals surface area contributed by atoms with E-state index in [2.05, 4.69) is 0 Å². The molecule has 1 aliphatic rings. The van der Waals surface area contributed by atoms with E-state index in [4.69, 9.17) is 28.4 Å². The summed E-state index contributed by atoms with van der Waals surface area (Å²) in [5, 5.41) is 0. The molecule has 2 rings (SSSR count). The van der Waals surface area contributed by atoms with Gasteiger partial charge in [-0.3, -0.25) is 0 Å². The summed E-state index contributed by atoms with van der Waals surface area (Å²) in [6, 6.07) is 4.95. The highest BCUT2D eigenvalue weighted by atomic mass is 16.6. The van der Waals surface area contributed by atoms with Gasteiger partial charge in [0, 0.05) is 6.07 Å². The second kappa shape index (κ2) is 10.0. The smallest absolute Gasteiger partial charge is 0.338 e. The Morgan fingerprint density at radius 1 is 0.783 bits per heavy atom. The third-order valence-electron chi connectivity index (χ3n) is 3.04. The van der Waals surface area contributed by atoms with Crippen LogP contribution in [0.4, 0.5) is 0 Å². The highest BCUT2D eigenvalue weighted by Gasteiger charge is 2.11. The topological polar surface area (TPSA) is 72.5 Å². The summed E-state index contributed by atoms with van der Waals surface area (Å²) in [4.78, 5) is 11.7. The lowest BCUT2D eigenvalue weighted by molar-refractivity contribution is 0.00432. The van der Waals surface area contributed by atoms with Crippen LogP contribution < -0.4 is 9.47 Å². The van der Waals surface area contributed by atoms with Gasteiger partial charge >= 0.3 is 5.97 Å². The fourth-order valence-corrected chi connectivity index (χ4v) is 1.95. The number of hydrogen-bond acceptors (Lipinski definition) is 7. The van der Waals surface area contributed by atoms with E-state index in [-0.39, 0.29) is 0 Å². The van der Waals surface area contributed by atoms with Crippen molar-refractivity contribution in [3.63, 3.8) is 0 Å². The fourth-order valence-electron chi connectivity index (χ4n) is 1.95. The molecule has 0 aromatic heterocycles. The molecule has 7 nitrogen and oxygen atoms in total. The molecule has 7 heteroatoms. The zero-order valence-electron chi connectivity index (χ0n) is 13.2. The number of benzene rings is 1. The first-order valence-corrected chi connectivity index (χ1v) is 7.52. The number of methoxy groups -OCH3 is 1. The maximum atomic E-state index is 11.7. The molecule has 0 amide bonds. The van der Waals surface area contributed by atoms with Crippen LogP contribution in [-0.4, -0.2) is 65.9 Å². The van der Waals surface area contributed by atoms with E-state index in [0.717, 1.165) is 0 Å². The van der Waals surface area contributed by atoms with Crippen LogP contribution in [0, 0.1) is 0 Å². The highest BCUT2D eigenvalue weighted by molar-refractivity contribution is 5.90. The SMILES string of the molecule is COC(=O)c1cc2cc(c1)OCCOCCOCCOCCO2. The zero-order chi connectivity index (χ0) is 16.3. The molecule has 1 aromatic carbocycles. The predicted octanol–water partition coefficient (Wildman–Crippen LogP) is 1.29. The largest absolute Gasteiger partial charge is 0.491 e. The van der Waals surface area contributed by atoms with E-state index in [9.17, 15) is 4.79 Å². The summed E-state index contributed by atoms with van der Waals surface area (Å²) in [5.74, 6) is 0.603. The number of fused-ring (bicyclic) bond motifs is 2. The monoisotopic (exact) mass is 326 g/mol. The molecule has 0 unspecified atom stereocenters. The number of carbonyl (C=O) groups is 1. The molecule has 0 spiro atoms. The van der Waals surface area contributed by atoms with Gasteiger partial charge in [-0.15, -0.1) is 0 Å². The van der Waals surface area contributed by atoms with Crippen LogP contribution in [0.5, 0.6) is 11.5 Å². The van der Waals surface area contributed by atoms with E-state index in [1.165, 1.54) is 7.11 Å². The zero-order valence-corrected chi connectivity index (χ0v) is 13.2. The molecule has 0 aliphatic carbocycles. The Morgan fingerprint density at radius 2 is 1.22 bits per heavy atom. The second-order valence-corrected chi connectivity index (χ2v) is 4.72. The van der Waals surface area contributed by atoms with Gasteiger partial charge in [-0.1, -0.05) is 0 Å². The lowest BCUT2D eigenvalue weighted by atomic mass is 10.2. The van der Waals surface area contributed by atoms with E-state index in [1.807, 2.05) is 0 Å². The summed E-state index contributed by atoms with van der Waals surface area (Å²) in [7, 11) is 1.33. The van der Waals surface area contributed by atoms with Crippen molar-refractivity contribution in [1.29, 1.82) is 0 Å². The lowest BCUT2D eigenvalue weighted by Gasteiger charge is -2.13. The van der Waals surface area contributed by atoms with Gasteiger partial charge in [0.25, 0.3) is 0 Å². The summed E-state index contributed by atoms with van der Waals surface area (Å²) >= 11 is 0. The first-order chi connectivity index (χ1) is 11.3. The molecule has 0 fully saturated rings. The van der Waals surface area contributed by atoms with Gasteiger partial charge < -0.3 is 28.4 Å². The Bertz CT molecular complexity index is 457. The van der Waals surface area contributed by atoms with Crippen molar-refractivity contribution in [3.8, 4) is 11.5 Å². The maximum absolute atomic E-state index is 11.7. The number of carbonyl (C=O) groups excluding carboxylic acids is 1. The average Bonchev–Trinajstić information content (AvgIpc) is 2.57. The third kappa shape index (κ3) is 6.43. The third-order valence-corrected chi connectivity index (χ3v) is 3.04. The lowest BCUT2D eigenvalue weighted by Crippen LogP contribution is -2.15. The molecule has 0 radical (unpaired) electrons. The number of hydrogen-bond donors (Lipinski definition) is 0. The molecule has 0 N–H and O–H groups in total. The summed E-state index contributed by atoms with van der Waals surface area (Å²) in [6.07, 6.45) is 0. The minimum Gasteiger partial charge on any atom is -0.491 e. The summed E-state index contributed by atoms with van der Waals surface area (Å²) < 4.78 is 32.1. The summed E-state index contributed by atoms with van der Waals surface area (Å²) in [6.45, 7) is 3.63. The average molecular weight is 326 g/mol. The van der Waals surface area contributed by atoms with Gasteiger partial charge in [0.2, 0.25) is 0 Å². The molecule has 1 heterocycles. The minimum absolute atomic E-state index is 0.368. The van der Waals surface area contributed by atoms with Gasteiger partial charge in [-0.25, -0.2) is 4.79 Å². The van der Waals surface area contributed by atoms with Crippen molar-refractivity contribution >= 4 is 5.97 Å². The standard InChI is InChI=1S/C16H22O7/c1-18-16(17)13-10-14-12-15(11-13)23-9-7-21-5-3-19-2-4-20-6-8-22-14/h10-12H,2-9H2,1H3.